The van der Waals surface area contributed by atoms with Gasteiger partial charge in [-0.3, -0.25) is 4.79 Å². The van der Waals surface area contributed by atoms with Gasteiger partial charge in [-0.05, 0) is 37.3 Å². The summed E-state index contributed by atoms with van der Waals surface area (Å²) in [5, 5.41) is 7.26. The molecule has 0 saturated carbocycles. The summed E-state index contributed by atoms with van der Waals surface area (Å²) in [7, 11) is -4.08. The van der Waals surface area contributed by atoms with Crippen molar-refractivity contribution < 1.29 is 22.0 Å². The van der Waals surface area contributed by atoms with E-state index in [-0.39, 0.29) is 16.3 Å². The average Bonchev–Trinajstić information content (AvgIpc) is 2.74. The molecule has 3 N–H and O–H groups in total. The molecule has 0 bridgehead atoms. The molecule has 0 unspecified atom stereocenters. The van der Waals surface area contributed by atoms with E-state index in [2.05, 4.69) is 5.32 Å². The van der Waals surface area contributed by atoms with Crippen LogP contribution in [0.25, 0.3) is 0 Å². The molecule has 1 amide bonds. The van der Waals surface area contributed by atoms with Crippen molar-refractivity contribution in [3.05, 3.63) is 47.7 Å². The third-order valence-corrected chi connectivity index (χ3v) is 3.43. The number of rotatable bonds is 3. The summed E-state index contributed by atoms with van der Waals surface area (Å²) in [4.78, 5) is 11.5. The number of hydrogen-bond donors (Lipinski definition) is 2. The van der Waals surface area contributed by atoms with E-state index in [4.69, 9.17) is 9.56 Å². The summed E-state index contributed by atoms with van der Waals surface area (Å²) in [6.07, 6.45) is 0. The standard InChI is InChI=1S/C12H11FN2O4S/c1-7-2-4-10(19-7)12(16)15-9-6-8(13)3-5-11(9)20(14,17)18/h2-6H,1H3,(H,15,16)(H2,14,17,18). The second kappa shape index (κ2) is 5.06. The molecule has 20 heavy (non-hydrogen) atoms. The van der Waals surface area contributed by atoms with E-state index in [0.717, 1.165) is 18.2 Å². The SMILES string of the molecule is Cc1ccc(C(=O)Nc2cc(F)ccc2S(N)(=O)=O)o1. The van der Waals surface area contributed by atoms with Gasteiger partial charge >= 0.3 is 0 Å². The highest BCUT2D eigenvalue weighted by Crippen LogP contribution is 2.22. The van der Waals surface area contributed by atoms with Gasteiger partial charge < -0.3 is 9.73 Å². The van der Waals surface area contributed by atoms with Crippen LogP contribution < -0.4 is 10.5 Å². The topological polar surface area (TPSA) is 102 Å². The van der Waals surface area contributed by atoms with Gasteiger partial charge in [-0.1, -0.05) is 0 Å². The second-order valence-corrected chi connectivity index (χ2v) is 5.58. The fraction of sp³-hybridized carbons (Fsp3) is 0.0833. The Kier molecular flexibility index (Phi) is 3.60. The highest BCUT2D eigenvalue weighted by Gasteiger charge is 2.18. The zero-order valence-corrected chi connectivity index (χ0v) is 11.2. The Labute approximate surface area is 114 Å². The van der Waals surface area contributed by atoms with Crippen LogP contribution in [0, 0.1) is 12.7 Å². The first-order chi connectivity index (χ1) is 9.27. The molecule has 2 aromatic rings. The van der Waals surface area contributed by atoms with E-state index in [9.17, 15) is 17.6 Å². The molecule has 2 rings (SSSR count). The molecule has 6 nitrogen and oxygen atoms in total. The molecule has 0 aliphatic heterocycles. The molecule has 0 radical (unpaired) electrons. The number of carbonyl (C=O) groups excluding carboxylic acids is 1. The Bertz CT molecular complexity index is 768. The van der Waals surface area contributed by atoms with Crippen LogP contribution in [0.1, 0.15) is 16.3 Å². The highest BCUT2D eigenvalue weighted by molar-refractivity contribution is 7.89. The monoisotopic (exact) mass is 298 g/mol. The number of hydrogen-bond acceptors (Lipinski definition) is 4. The van der Waals surface area contributed by atoms with Crippen LogP contribution in [0.3, 0.4) is 0 Å². The van der Waals surface area contributed by atoms with Crippen LogP contribution in [0.2, 0.25) is 0 Å². The summed E-state index contributed by atoms with van der Waals surface area (Å²) in [5.74, 6) is -0.912. The molecule has 0 saturated heterocycles. The average molecular weight is 298 g/mol. The third kappa shape index (κ3) is 3.03. The van der Waals surface area contributed by atoms with E-state index in [1.165, 1.54) is 6.07 Å². The van der Waals surface area contributed by atoms with Gasteiger partial charge in [0.05, 0.1) is 5.69 Å². The molecule has 0 aliphatic rings. The second-order valence-electron chi connectivity index (χ2n) is 4.05. The van der Waals surface area contributed by atoms with E-state index in [1.807, 2.05) is 0 Å². The highest BCUT2D eigenvalue weighted by atomic mass is 32.2. The van der Waals surface area contributed by atoms with Crippen LogP contribution in [0.15, 0.2) is 39.6 Å². The number of sulfonamides is 1. The van der Waals surface area contributed by atoms with Crippen molar-refractivity contribution in [1.82, 2.24) is 0 Å². The lowest BCUT2D eigenvalue weighted by molar-refractivity contribution is 0.0995. The maximum Gasteiger partial charge on any atom is 0.291 e. The largest absolute Gasteiger partial charge is 0.456 e. The van der Waals surface area contributed by atoms with E-state index in [1.54, 1.807) is 13.0 Å². The number of nitrogens with one attached hydrogen (secondary N) is 1. The van der Waals surface area contributed by atoms with E-state index >= 15 is 0 Å². The third-order valence-electron chi connectivity index (χ3n) is 2.46. The normalized spacial score (nSPS) is 11.3. The van der Waals surface area contributed by atoms with Crippen LogP contribution in [0.5, 0.6) is 0 Å². The zero-order chi connectivity index (χ0) is 14.9. The van der Waals surface area contributed by atoms with Gasteiger partial charge in [0.1, 0.15) is 16.5 Å². The Morgan fingerprint density at radius 3 is 2.55 bits per heavy atom. The van der Waals surface area contributed by atoms with Crippen LogP contribution >= 0.6 is 0 Å². The van der Waals surface area contributed by atoms with Gasteiger partial charge in [0.25, 0.3) is 5.91 Å². The van der Waals surface area contributed by atoms with Crippen LogP contribution in [0.4, 0.5) is 10.1 Å². The minimum atomic E-state index is -4.08. The Morgan fingerprint density at radius 2 is 2.00 bits per heavy atom. The first-order valence-electron chi connectivity index (χ1n) is 5.47. The van der Waals surface area contributed by atoms with Crippen molar-refractivity contribution in [1.29, 1.82) is 0 Å². The number of benzene rings is 1. The number of primary sulfonamides is 1. The smallest absolute Gasteiger partial charge is 0.291 e. The Hall–Kier alpha value is -2.19. The molecule has 0 aliphatic carbocycles. The van der Waals surface area contributed by atoms with Gasteiger partial charge in [-0.25, -0.2) is 17.9 Å². The van der Waals surface area contributed by atoms with Crippen molar-refractivity contribution in [3.8, 4) is 0 Å². The maximum atomic E-state index is 13.2. The van der Waals surface area contributed by atoms with Gasteiger partial charge in [0.2, 0.25) is 10.0 Å². The van der Waals surface area contributed by atoms with Crippen molar-refractivity contribution >= 4 is 21.6 Å². The number of furan rings is 1. The fourth-order valence-electron chi connectivity index (χ4n) is 1.59. The number of carbonyl (C=O) groups is 1. The lowest BCUT2D eigenvalue weighted by Gasteiger charge is -2.08. The van der Waals surface area contributed by atoms with Crippen molar-refractivity contribution in [2.24, 2.45) is 5.14 Å². The van der Waals surface area contributed by atoms with E-state index in [0.29, 0.717) is 5.76 Å². The van der Waals surface area contributed by atoms with E-state index < -0.39 is 21.7 Å². The molecule has 106 valence electrons. The number of halogens is 1. The minimum absolute atomic E-state index is 0.0212. The first-order valence-corrected chi connectivity index (χ1v) is 7.02. The molecule has 1 aromatic carbocycles. The van der Waals surface area contributed by atoms with Crippen molar-refractivity contribution in [3.63, 3.8) is 0 Å². The minimum Gasteiger partial charge on any atom is -0.456 e. The van der Waals surface area contributed by atoms with Gasteiger partial charge in [0, 0.05) is 0 Å². The Morgan fingerprint density at radius 1 is 1.30 bits per heavy atom. The molecule has 0 atom stereocenters. The van der Waals surface area contributed by atoms with Gasteiger partial charge in [-0.2, -0.15) is 0 Å². The summed E-state index contributed by atoms with van der Waals surface area (Å²) in [6.45, 7) is 1.65. The number of nitrogens with two attached hydrogens (primary N) is 1. The fourth-order valence-corrected chi connectivity index (χ4v) is 2.26. The molecule has 0 spiro atoms. The van der Waals surface area contributed by atoms with Crippen LogP contribution in [-0.4, -0.2) is 14.3 Å². The van der Waals surface area contributed by atoms with Crippen molar-refractivity contribution in [2.45, 2.75) is 11.8 Å². The summed E-state index contributed by atoms with van der Waals surface area (Å²) in [6, 6.07) is 5.77. The number of aryl methyl sites for hydroxylation is 1. The lowest BCUT2D eigenvalue weighted by Crippen LogP contribution is -2.18. The molecule has 1 heterocycles. The molecule has 8 heteroatoms. The Balaban J connectivity index is 2.38. The number of amides is 1. The number of anilines is 1. The quantitative estimate of drug-likeness (QED) is 0.898. The maximum absolute atomic E-state index is 13.2. The summed E-state index contributed by atoms with van der Waals surface area (Å²) < 4.78 is 41.0. The van der Waals surface area contributed by atoms with Crippen molar-refractivity contribution in [2.75, 3.05) is 5.32 Å². The molecular formula is C12H11FN2O4S. The molecular weight excluding hydrogens is 287 g/mol. The van der Waals surface area contributed by atoms with Gasteiger partial charge in [-0.15, -0.1) is 0 Å². The summed E-state index contributed by atoms with van der Waals surface area (Å²) in [5.41, 5.74) is -0.244. The first kappa shape index (κ1) is 14.2. The molecule has 1 aromatic heterocycles. The predicted molar refractivity (Wildman–Crippen MR) is 69.2 cm³/mol. The van der Waals surface area contributed by atoms with Crippen LogP contribution in [-0.2, 0) is 10.0 Å². The lowest BCUT2D eigenvalue weighted by atomic mass is 10.3. The summed E-state index contributed by atoms with van der Waals surface area (Å²) >= 11 is 0. The zero-order valence-electron chi connectivity index (χ0n) is 10.4. The molecule has 0 fully saturated rings. The predicted octanol–water partition coefficient (Wildman–Crippen LogP) is 1.63. The van der Waals surface area contributed by atoms with Gasteiger partial charge in [0.15, 0.2) is 5.76 Å².